The second-order valence-electron chi connectivity index (χ2n) is 9.31. The van der Waals surface area contributed by atoms with E-state index >= 15 is 0 Å². The molecule has 2 aromatic carbocycles. The third kappa shape index (κ3) is 5.21. The first-order chi connectivity index (χ1) is 15.3. The summed E-state index contributed by atoms with van der Waals surface area (Å²) in [7, 11) is 0. The second kappa shape index (κ2) is 9.18. The Hall–Kier alpha value is -3.09. The van der Waals surface area contributed by atoms with Crippen LogP contribution in [0.2, 0.25) is 0 Å². The van der Waals surface area contributed by atoms with E-state index in [2.05, 4.69) is 4.98 Å². The lowest BCUT2D eigenvalue weighted by Crippen LogP contribution is -2.44. The quantitative estimate of drug-likeness (QED) is 0.545. The van der Waals surface area contributed by atoms with Crippen molar-refractivity contribution in [1.82, 2.24) is 14.5 Å². The Balaban J connectivity index is 1.48. The summed E-state index contributed by atoms with van der Waals surface area (Å²) in [4.78, 5) is 18.8. The average Bonchev–Trinajstić information content (AvgIpc) is 3.10. The van der Waals surface area contributed by atoms with Crippen molar-refractivity contribution in [3.8, 4) is 6.01 Å². The van der Waals surface area contributed by atoms with Gasteiger partial charge in [0.1, 0.15) is 11.4 Å². The van der Waals surface area contributed by atoms with E-state index in [1.165, 1.54) is 6.07 Å². The van der Waals surface area contributed by atoms with Crippen LogP contribution in [-0.2, 0) is 11.3 Å². The number of benzene rings is 2. The molecule has 1 fully saturated rings. The molecule has 170 valence electrons. The molecule has 4 rings (SSSR count). The molecule has 1 amide bonds. The second-order valence-corrected chi connectivity index (χ2v) is 9.31. The summed E-state index contributed by atoms with van der Waals surface area (Å²) in [5, 5.41) is 0. The van der Waals surface area contributed by atoms with Gasteiger partial charge in [0.15, 0.2) is 0 Å². The Morgan fingerprint density at radius 1 is 1.16 bits per heavy atom. The monoisotopic (exact) mass is 439 g/mol. The summed E-state index contributed by atoms with van der Waals surface area (Å²) >= 11 is 0. The number of carbonyl (C=O) groups is 1. The van der Waals surface area contributed by atoms with Crippen molar-refractivity contribution < 1.29 is 18.7 Å². The van der Waals surface area contributed by atoms with Crippen LogP contribution in [0, 0.1) is 11.7 Å². The predicted octanol–water partition coefficient (Wildman–Crippen LogP) is 5.25. The SMILES string of the molecule is CC(C)(C)OC(=O)N1CCC[C@H](COc2nc3ccccc3n2Cc2ccccc2F)C1. The lowest BCUT2D eigenvalue weighted by molar-refractivity contribution is 0.0136. The summed E-state index contributed by atoms with van der Waals surface area (Å²) in [6.45, 7) is 7.65. The van der Waals surface area contributed by atoms with Crippen LogP contribution in [-0.4, -0.2) is 45.8 Å². The zero-order valence-electron chi connectivity index (χ0n) is 18.9. The molecule has 32 heavy (non-hydrogen) atoms. The van der Waals surface area contributed by atoms with Gasteiger partial charge in [-0.2, -0.15) is 4.98 Å². The number of hydrogen-bond donors (Lipinski definition) is 0. The van der Waals surface area contributed by atoms with E-state index < -0.39 is 5.60 Å². The molecule has 1 aromatic heterocycles. The largest absolute Gasteiger partial charge is 0.464 e. The van der Waals surface area contributed by atoms with Crippen molar-refractivity contribution in [2.24, 2.45) is 5.92 Å². The number of fused-ring (bicyclic) bond motifs is 1. The highest BCUT2D eigenvalue weighted by Gasteiger charge is 2.28. The van der Waals surface area contributed by atoms with E-state index in [4.69, 9.17) is 9.47 Å². The minimum absolute atomic E-state index is 0.179. The highest BCUT2D eigenvalue weighted by atomic mass is 19.1. The lowest BCUT2D eigenvalue weighted by Gasteiger charge is -2.33. The normalized spacial score (nSPS) is 16.9. The molecule has 0 aliphatic carbocycles. The Morgan fingerprint density at radius 3 is 2.69 bits per heavy atom. The van der Waals surface area contributed by atoms with Gasteiger partial charge < -0.3 is 14.4 Å². The zero-order valence-corrected chi connectivity index (χ0v) is 18.9. The van der Waals surface area contributed by atoms with Crippen LogP contribution < -0.4 is 4.74 Å². The zero-order chi connectivity index (χ0) is 22.7. The number of aromatic nitrogens is 2. The molecule has 7 heteroatoms. The minimum atomic E-state index is -0.516. The van der Waals surface area contributed by atoms with Gasteiger partial charge in [0, 0.05) is 24.6 Å². The maximum atomic E-state index is 14.3. The van der Waals surface area contributed by atoms with Crippen LogP contribution in [0.1, 0.15) is 39.2 Å². The van der Waals surface area contributed by atoms with E-state index in [9.17, 15) is 9.18 Å². The molecule has 1 saturated heterocycles. The highest BCUT2D eigenvalue weighted by molar-refractivity contribution is 5.76. The number of piperidine rings is 1. The third-order valence-electron chi connectivity index (χ3n) is 5.52. The van der Waals surface area contributed by atoms with Gasteiger partial charge in [-0.25, -0.2) is 9.18 Å². The predicted molar refractivity (Wildman–Crippen MR) is 121 cm³/mol. The van der Waals surface area contributed by atoms with E-state index in [0.29, 0.717) is 37.8 Å². The number of rotatable bonds is 5. The third-order valence-corrected chi connectivity index (χ3v) is 5.52. The molecule has 1 atom stereocenters. The van der Waals surface area contributed by atoms with Crippen LogP contribution in [0.15, 0.2) is 48.5 Å². The van der Waals surface area contributed by atoms with Gasteiger partial charge in [-0.05, 0) is 51.8 Å². The van der Waals surface area contributed by atoms with Crippen molar-refractivity contribution in [2.75, 3.05) is 19.7 Å². The van der Waals surface area contributed by atoms with E-state index in [-0.39, 0.29) is 17.8 Å². The average molecular weight is 440 g/mol. The van der Waals surface area contributed by atoms with E-state index in [0.717, 1.165) is 23.9 Å². The standard InChI is InChI=1S/C25H30FN3O3/c1-25(2,3)32-24(30)28-14-8-9-18(15-28)17-31-23-27-21-12-6-7-13-22(21)29(23)16-19-10-4-5-11-20(19)26/h4-7,10-13,18H,8-9,14-17H2,1-3H3/t18-/m0/s1. The van der Waals surface area contributed by atoms with Crippen molar-refractivity contribution >= 4 is 17.1 Å². The molecule has 0 bridgehead atoms. The first-order valence-corrected chi connectivity index (χ1v) is 11.1. The van der Waals surface area contributed by atoms with Crippen molar-refractivity contribution in [3.05, 3.63) is 59.9 Å². The summed E-state index contributed by atoms with van der Waals surface area (Å²) in [6, 6.07) is 14.9. The molecule has 0 unspecified atom stereocenters. The fourth-order valence-corrected chi connectivity index (χ4v) is 4.00. The number of hydrogen-bond acceptors (Lipinski definition) is 4. The molecule has 1 aliphatic heterocycles. The van der Waals surface area contributed by atoms with Gasteiger partial charge in [-0.15, -0.1) is 0 Å². The summed E-state index contributed by atoms with van der Waals surface area (Å²) in [5.74, 6) is -0.0745. The van der Waals surface area contributed by atoms with Crippen LogP contribution in [0.25, 0.3) is 11.0 Å². The molecule has 3 aromatic rings. The molecular weight excluding hydrogens is 409 g/mol. The van der Waals surface area contributed by atoms with Crippen molar-refractivity contribution in [1.29, 1.82) is 0 Å². The summed E-state index contributed by atoms with van der Waals surface area (Å²) in [5.41, 5.74) is 1.76. The van der Waals surface area contributed by atoms with Crippen molar-refractivity contribution in [2.45, 2.75) is 45.8 Å². The van der Waals surface area contributed by atoms with E-state index in [1.807, 2.05) is 55.7 Å². The van der Waals surface area contributed by atoms with Gasteiger partial charge in [0.2, 0.25) is 0 Å². The van der Waals surface area contributed by atoms with Crippen molar-refractivity contribution in [3.63, 3.8) is 0 Å². The first-order valence-electron chi connectivity index (χ1n) is 11.1. The molecule has 0 spiro atoms. The Labute approximate surface area is 187 Å². The van der Waals surface area contributed by atoms with Gasteiger partial charge in [0.25, 0.3) is 6.01 Å². The fourth-order valence-electron chi connectivity index (χ4n) is 4.00. The van der Waals surface area contributed by atoms with Gasteiger partial charge in [0.05, 0.1) is 24.2 Å². The number of para-hydroxylation sites is 2. The highest BCUT2D eigenvalue weighted by Crippen LogP contribution is 2.26. The van der Waals surface area contributed by atoms with E-state index in [1.54, 1.807) is 17.0 Å². The molecule has 0 radical (unpaired) electrons. The number of amides is 1. The topological polar surface area (TPSA) is 56.6 Å². The Morgan fingerprint density at radius 2 is 1.91 bits per heavy atom. The number of halogens is 1. The van der Waals surface area contributed by atoms with Crippen LogP contribution in [0.4, 0.5) is 9.18 Å². The number of nitrogens with zero attached hydrogens (tertiary/aromatic N) is 3. The molecule has 0 saturated carbocycles. The molecule has 0 N–H and O–H groups in total. The van der Waals surface area contributed by atoms with Gasteiger partial charge in [-0.3, -0.25) is 4.57 Å². The first kappa shape index (κ1) is 22.1. The van der Waals surface area contributed by atoms with Crippen LogP contribution >= 0.6 is 0 Å². The van der Waals surface area contributed by atoms with Gasteiger partial charge in [-0.1, -0.05) is 30.3 Å². The smallest absolute Gasteiger partial charge is 0.410 e. The maximum absolute atomic E-state index is 14.3. The molecule has 1 aliphatic rings. The molecule has 6 nitrogen and oxygen atoms in total. The maximum Gasteiger partial charge on any atom is 0.410 e. The van der Waals surface area contributed by atoms with Crippen LogP contribution in [0.5, 0.6) is 6.01 Å². The Bertz CT molecular complexity index is 1090. The molecule has 2 heterocycles. The number of imidazole rings is 1. The number of likely N-dealkylation sites (tertiary alicyclic amines) is 1. The Kier molecular flexibility index (Phi) is 6.35. The number of carbonyl (C=O) groups excluding carboxylic acids is 1. The van der Waals surface area contributed by atoms with Gasteiger partial charge >= 0.3 is 6.09 Å². The number of ether oxygens (including phenoxy) is 2. The minimum Gasteiger partial charge on any atom is -0.464 e. The lowest BCUT2D eigenvalue weighted by atomic mass is 9.99. The molecular formula is C25H30FN3O3. The summed E-state index contributed by atoms with van der Waals surface area (Å²) < 4.78 is 27.9. The fraction of sp³-hybridized carbons (Fsp3) is 0.440. The van der Waals surface area contributed by atoms with Crippen LogP contribution in [0.3, 0.4) is 0 Å². The summed E-state index contributed by atoms with van der Waals surface area (Å²) in [6.07, 6.45) is 1.58.